The summed E-state index contributed by atoms with van der Waals surface area (Å²) in [6.45, 7) is 3.10. The first kappa shape index (κ1) is 13.5. The Morgan fingerprint density at radius 3 is 3.00 bits per heavy atom. The number of piperidine rings is 1. The Bertz CT molecular complexity index is 386. The molecular weight excluding hydrogens is 257 g/mol. The van der Waals surface area contributed by atoms with Crippen LogP contribution in [-0.4, -0.2) is 37.3 Å². The minimum absolute atomic E-state index is 0.216. The smallest absolute Gasteiger partial charge is 0.166 e. The van der Waals surface area contributed by atoms with Gasteiger partial charge in [-0.05, 0) is 32.0 Å². The van der Waals surface area contributed by atoms with Gasteiger partial charge in [0.1, 0.15) is 0 Å². The molecular formula is C12H17ClFN3O. The van der Waals surface area contributed by atoms with Crippen molar-refractivity contribution in [1.82, 2.24) is 10.3 Å². The van der Waals surface area contributed by atoms with Gasteiger partial charge in [-0.15, -0.1) is 0 Å². The van der Waals surface area contributed by atoms with Crippen LogP contribution in [0.4, 0.5) is 10.2 Å². The number of aromatic nitrogens is 1. The van der Waals surface area contributed by atoms with Crippen molar-refractivity contribution < 1.29 is 9.13 Å². The summed E-state index contributed by atoms with van der Waals surface area (Å²) in [5, 5.41) is 6.47. The van der Waals surface area contributed by atoms with E-state index in [1.165, 1.54) is 12.3 Å². The Labute approximate surface area is 111 Å². The molecule has 100 valence electrons. The zero-order valence-electron chi connectivity index (χ0n) is 10.1. The van der Waals surface area contributed by atoms with Crippen LogP contribution in [0.1, 0.15) is 12.8 Å². The lowest BCUT2D eigenvalue weighted by Crippen LogP contribution is -2.33. The number of hydrogen-bond acceptors (Lipinski definition) is 4. The minimum atomic E-state index is -0.440. The molecule has 6 heteroatoms. The highest BCUT2D eigenvalue weighted by molar-refractivity contribution is 6.30. The maximum Gasteiger partial charge on any atom is 0.166 e. The van der Waals surface area contributed by atoms with Gasteiger partial charge >= 0.3 is 0 Å². The molecule has 1 fully saturated rings. The highest BCUT2D eigenvalue weighted by Crippen LogP contribution is 2.15. The van der Waals surface area contributed by atoms with Crippen LogP contribution in [0.2, 0.25) is 5.02 Å². The van der Waals surface area contributed by atoms with Crippen LogP contribution in [0.15, 0.2) is 12.3 Å². The summed E-state index contributed by atoms with van der Waals surface area (Å²) in [7, 11) is 0. The van der Waals surface area contributed by atoms with E-state index in [0.717, 1.165) is 25.9 Å². The van der Waals surface area contributed by atoms with E-state index in [9.17, 15) is 4.39 Å². The molecule has 2 heterocycles. The predicted molar refractivity (Wildman–Crippen MR) is 69.5 cm³/mol. The van der Waals surface area contributed by atoms with Crippen molar-refractivity contribution in [1.29, 1.82) is 0 Å². The summed E-state index contributed by atoms with van der Waals surface area (Å²) >= 11 is 5.62. The average Bonchev–Trinajstić information content (AvgIpc) is 2.38. The molecule has 0 amide bonds. The van der Waals surface area contributed by atoms with E-state index in [1.807, 2.05) is 0 Å². The van der Waals surface area contributed by atoms with E-state index in [2.05, 4.69) is 15.6 Å². The molecule has 0 spiro atoms. The lowest BCUT2D eigenvalue weighted by molar-refractivity contribution is 0.0394. The van der Waals surface area contributed by atoms with Crippen molar-refractivity contribution in [2.45, 2.75) is 18.9 Å². The number of halogens is 2. The summed E-state index contributed by atoms with van der Waals surface area (Å²) in [4.78, 5) is 3.88. The largest absolute Gasteiger partial charge is 0.376 e. The van der Waals surface area contributed by atoms with E-state index >= 15 is 0 Å². The van der Waals surface area contributed by atoms with Crippen LogP contribution in [-0.2, 0) is 4.74 Å². The van der Waals surface area contributed by atoms with Crippen LogP contribution in [0.5, 0.6) is 0 Å². The molecule has 2 N–H and O–H groups in total. The van der Waals surface area contributed by atoms with Crippen LogP contribution >= 0.6 is 11.6 Å². The first-order valence-corrected chi connectivity index (χ1v) is 6.51. The fraction of sp³-hybridized carbons (Fsp3) is 0.583. The monoisotopic (exact) mass is 273 g/mol. The van der Waals surface area contributed by atoms with Crippen molar-refractivity contribution in [2.75, 3.05) is 31.6 Å². The normalized spacial score (nSPS) is 16.8. The van der Waals surface area contributed by atoms with Gasteiger partial charge in [-0.1, -0.05) is 11.6 Å². The lowest BCUT2D eigenvalue weighted by Gasteiger charge is -2.23. The van der Waals surface area contributed by atoms with Crippen molar-refractivity contribution in [2.24, 2.45) is 0 Å². The van der Waals surface area contributed by atoms with Gasteiger partial charge in [0, 0.05) is 12.7 Å². The van der Waals surface area contributed by atoms with Crippen molar-refractivity contribution in [3.8, 4) is 0 Å². The van der Waals surface area contributed by atoms with Crippen molar-refractivity contribution >= 4 is 17.4 Å². The van der Waals surface area contributed by atoms with E-state index in [4.69, 9.17) is 16.3 Å². The molecule has 1 aliphatic rings. The minimum Gasteiger partial charge on any atom is -0.376 e. The summed E-state index contributed by atoms with van der Waals surface area (Å²) in [5.74, 6) is -0.224. The van der Waals surface area contributed by atoms with Gasteiger partial charge in [0.2, 0.25) is 0 Å². The number of ether oxygens (including phenoxy) is 1. The van der Waals surface area contributed by atoms with E-state index < -0.39 is 5.82 Å². The topological polar surface area (TPSA) is 46.2 Å². The Kier molecular flexibility index (Phi) is 5.16. The molecule has 1 aliphatic heterocycles. The third kappa shape index (κ3) is 4.08. The molecule has 18 heavy (non-hydrogen) atoms. The number of nitrogens with one attached hydrogen (secondary N) is 2. The van der Waals surface area contributed by atoms with Gasteiger partial charge in [-0.3, -0.25) is 0 Å². The van der Waals surface area contributed by atoms with E-state index in [1.54, 1.807) is 0 Å². The Morgan fingerprint density at radius 2 is 2.28 bits per heavy atom. The first-order valence-electron chi connectivity index (χ1n) is 6.13. The van der Waals surface area contributed by atoms with E-state index in [-0.39, 0.29) is 5.82 Å². The third-order valence-electron chi connectivity index (χ3n) is 2.84. The number of nitrogens with zero attached hydrogens (tertiary/aromatic N) is 1. The lowest BCUT2D eigenvalue weighted by atomic mass is 10.1. The standard InChI is InChI=1S/C12H17ClFN3O/c13-9-7-11(14)12(17-8-9)16-5-6-18-10-1-3-15-4-2-10/h7-8,10,15H,1-6H2,(H,16,17). The fourth-order valence-corrected chi connectivity index (χ4v) is 2.05. The highest BCUT2D eigenvalue weighted by Gasteiger charge is 2.12. The molecule has 1 aromatic heterocycles. The summed E-state index contributed by atoms with van der Waals surface area (Å²) in [6.07, 6.45) is 3.80. The zero-order chi connectivity index (χ0) is 12.8. The third-order valence-corrected chi connectivity index (χ3v) is 3.05. The molecule has 0 aromatic carbocycles. The zero-order valence-corrected chi connectivity index (χ0v) is 10.8. The van der Waals surface area contributed by atoms with Crippen molar-refractivity contribution in [3.63, 3.8) is 0 Å². The second-order valence-electron chi connectivity index (χ2n) is 4.23. The van der Waals surface area contributed by atoms with Gasteiger partial charge in [0.25, 0.3) is 0 Å². The van der Waals surface area contributed by atoms with Crippen LogP contribution in [0.3, 0.4) is 0 Å². The Balaban J connectivity index is 1.68. The second-order valence-corrected chi connectivity index (χ2v) is 4.67. The molecule has 0 radical (unpaired) electrons. The number of rotatable bonds is 5. The number of anilines is 1. The quantitative estimate of drug-likeness (QED) is 0.806. The van der Waals surface area contributed by atoms with Gasteiger partial charge in [-0.25, -0.2) is 9.37 Å². The Hall–Kier alpha value is -0.910. The SMILES string of the molecule is Fc1cc(Cl)cnc1NCCOC1CCNCC1. The molecule has 0 saturated carbocycles. The van der Waals surface area contributed by atoms with Gasteiger partial charge in [0.05, 0.1) is 17.7 Å². The molecule has 4 nitrogen and oxygen atoms in total. The summed E-state index contributed by atoms with van der Waals surface area (Å²) < 4.78 is 19.1. The van der Waals surface area contributed by atoms with Crippen LogP contribution < -0.4 is 10.6 Å². The molecule has 0 bridgehead atoms. The summed E-state index contributed by atoms with van der Waals surface area (Å²) in [5.41, 5.74) is 0. The molecule has 0 aliphatic carbocycles. The summed E-state index contributed by atoms with van der Waals surface area (Å²) in [6, 6.07) is 1.24. The van der Waals surface area contributed by atoms with E-state index in [0.29, 0.717) is 24.3 Å². The molecule has 1 aromatic rings. The highest BCUT2D eigenvalue weighted by atomic mass is 35.5. The molecule has 0 atom stereocenters. The van der Waals surface area contributed by atoms with Crippen LogP contribution in [0, 0.1) is 5.82 Å². The maximum absolute atomic E-state index is 13.4. The van der Waals surface area contributed by atoms with Gasteiger partial charge in [-0.2, -0.15) is 0 Å². The molecule has 0 unspecified atom stereocenters. The predicted octanol–water partition coefficient (Wildman–Crippen LogP) is 2.05. The molecule has 2 rings (SSSR count). The second kappa shape index (κ2) is 6.87. The number of pyridine rings is 1. The average molecular weight is 274 g/mol. The first-order chi connectivity index (χ1) is 8.75. The van der Waals surface area contributed by atoms with Gasteiger partial charge < -0.3 is 15.4 Å². The Morgan fingerprint density at radius 1 is 1.50 bits per heavy atom. The maximum atomic E-state index is 13.4. The van der Waals surface area contributed by atoms with Crippen molar-refractivity contribution in [3.05, 3.63) is 23.1 Å². The molecule has 1 saturated heterocycles. The van der Waals surface area contributed by atoms with Crippen LogP contribution in [0.25, 0.3) is 0 Å². The number of hydrogen-bond donors (Lipinski definition) is 2. The van der Waals surface area contributed by atoms with Gasteiger partial charge in [0.15, 0.2) is 11.6 Å². The fourth-order valence-electron chi connectivity index (χ4n) is 1.90.